The molecule has 0 radical (unpaired) electrons. The highest BCUT2D eigenvalue weighted by Gasteiger charge is 2.31. The first-order chi connectivity index (χ1) is 16.5. The minimum Gasteiger partial charge on any atom is -0.354 e. The SMILES string of the molecule is CCCCNC(=O)[C@H](CC)N(Cc1ccc(Cl)c(Cl)c1)C(=O)CN(C)S(=O)(=O)c1ccc(Cl)cc1. The van der Waals surface area contributed by atoms with Crippen LogP contribution in [0.25, 0.3) is 0 Å². The number of hydrogen-bond donors (Lipinski definition) is 1. The van der Waals surface area contributed by atoms with Crippen molar-refractivity contribution in [3.63, 3.8) is 0 Å². The molecule has 0 saturated carbocycles. The van der Waals surface area contributed by atoms with E-state index >= 15 is 0 Å². The molecule has 11 heteroatoms. The van der Waals surface area contributed by atoms with Crippen LogP contribution in [0.5, 0.6) is 0 Å². The van der Waals surface area contributed by atoms with Crippen LogP contribution in [0.3, 0.4) is 0 Å². The molecule has 0 aliphatic heterocycles. The summed E-state index contributed by atoms with van der Waals surface area (Å²) in [6.45, 7) is 3.91. The van der Waals surface area contributed by atoms with Crippen molar-refractivity contribution in [2.45, 2.75) is 50.6 Å². The van der Waals surface area contributed by atoms with E-state index in [1.807, 2.05) is 6.92 Å². The molecule has 0 aromatic heterocycles. The first-order valence-corrected chi connectivity index (χ1v) is 13.8. The average Bonchev–Trinajstić information content (AvgIpc) is 2.81. The number of carbonyl (C=O) groups excluding carboxylic acids is 2. The summed E-state index contributed by atoms with van der Waals surface area (Å²) < 4.78 is 26.9. The van der Waals surface area contributed by atoms with Crippen LogP contribution in [0.2, 0.25) is 15.1 Å². The normalized spacial score (nSPS) is 12.4. The third-order valence-electron chi connectivity index (χ3n) is 5.43. The standard InChI is InChI=1S/C24H30Cl3N3O4S/c1-4-6-13-28-24(32)22(5-2)30(15-17-7-12-20(26)21(27)14-17)23(31)16-29(3)35(33,34)19-10-8-18(25)9-11-19/h7-12,14,22H,4-6,13,15-16H2,1-3H3,(H,28,32)/t22-/m0/s1. The van der Waals surface area contributed by atoms with Crippen molar-refractivity contribution in [3.8, 4) is 0 Å². The lowest BCUT2D eigenvalue weighted by Gasteiger charge is -2.32. The zero-order valence-corrected chi connectivity index (χ0v) is 23.0. The van der Waals surface area contributed by atoms with Gasteiger partial charge in [-0.1, -0.05) is 61.1 Å². The highest BCUT2D eigenvalue weighted by Crippen LogP contribution is 2.24. The average molecular weight is 563 g/mol. The van der Waals surface area contributed by atoms with E-state index in [9.17, 15) is 18.0 Å². The van der Waals surface area contributed by atoms with Gasteiger partial charge in [-0.05, 0) is 54.8 Å². The molecular weight excluding hydrogens is 533 g/mol. The van der Waals surface area contributed by atoms with Crippen molar-refractivity contribution < 1.29 is 18.0 Å². The minimum absolute atomic E-state index is 0.0117. The number of hydrogen-bond acceptors (Lipinski definition) is 4. The van der Waals surface area contributed by atoms with Gasteiger partial charge in [-0.2, -0.15) is 4.31 Å². The van der Waals surface area contributed by atoms with E-state index in [4.69, 9.17) is 34.8 Å². The van der Waals surface area contributed by atoms with E-state index in [0.717, 1.165) is 17.1 Å². The Morgan fingerprint density at radius 3 is 2.23 bits per heavy atom. The number of halogens is 3. The molecule has 0 saturated heterocycles. The molecule has 192 valence electrons. The zero-order valence-electron chi connectivity index (χ0n) is 19.9. The molecule has 0 aliphatic carbocycles. The summed E-state index contributed by atoms with van der Waals surface area (Å²) >= 11 is 18.0. The predicted molar refractivity (Wildman–Crippen MR) is 140 cm³/mol. The van der Waals surface area contributed by atoms with Crippen LogP contribution in [0.1, 0.15) is 38.7 Å². The van der Waals surface area contributed by atoms with Crippen LogP contribution in [-0.2, 0) is 26.2 Å². The lowest BCUT2D eigenvalue weighted by atomic mass is 10.1. The first-order valence-electron chi connectivity index (χ1n) is 11.2. The second-order valence-corrected chi connectivity index (χ2v) is 11.3. The van der Waals surface area contributed by atoms with Gasteiger partial charge in [0.1, 0.15) is 6.04 Å². The summed E-state index contributed by atoms with van der Waals surface area (Å²) in [5, 5.41) is 3.95. The fraction of sp³-hybridized carbons (Fsp3) is 0.417. The van der Waals surface area contributed by atoms with Gasteiger partial charge in [-0.3, -0.25) is 9.59 Å². The van der Waals surface area contributed by atoms with Crippen molar-refractivity contribution in [1.29, 1.82) is 0 Å². The second kappa shape index (κ2) is 13.5. The van der Waals surface area contributed by atoms with Gasteiger partial charge in [0.25, 0.3) is 0 Å². The van der Waals surface area contributed by atoms with Gasteiger partial charge in [-0.25, -0.2) is 8.42 Å². The van der Waals surface area contributed by atoms with Crippen LogP contribution in [0.4, 0.5) is 0 Å². The number of sulfonamides is 1. The minimum atomic E-state index is -3.95. The molecule has 0 unspecified atom stereocenters. The molecule has 2 aromatic rings. The van der Waals surface area contributed by atoms with Crippen molar-refractivity contribution in [1.82, 2.24) is 14.5 Å². The van der Waals surface area contributed by atoms with Crippen molar-refractivity contribution in [2.24, 2.45) is 0 Å². The summed E-state index contributed by atoms with van der Waals surface area (Å²) in [4.78, 5) is 27.8. The summed E-state index contributed by atoms with van der Waals surface area (Å²) in [7, 11) is -2.63. The molecule has 7 nitrogen and oxygen atoms in total. The van der Waals surface area contributed by atoms with E-state index in [-0.39, 0.29) is 17.3 Å². The Morgan fingerprint density at radius 1 is 1.00 bits per heavy atom. The Labute approximate surface area is 222 Å². The molecule has 0 fully saturated rings. The van der Waals surface area contributed by atoms with Gasteiger partial charge in [-0.15, -0.1) is 0 Å². The maximum atomic E-state index is 13.4. The van der Waals surface area contributed by atoms with E-state index in [1.54, 1.807) is 25.1 Å². The summed E-state index contributed by atoms with van der Waals surface area (Å²) in [5.74, 6) is -0.814. The Kier molecular flexibility index (Phi) is 11.3. The molecule has 0 bridgehead atoms. The van der Waals surface area contributed by atoms with Crippen LogP contribution in [0.15, 0.2) is 47.4 Å². The highest BCUT2D eigenvalue weighted by atomic mass is 35.5. The quantitative estimate of drug-likeness (QED) is 0.369. The number of nitrogens with zero attached hydrogens (tertiary/aromatic N) is 2. The predicted octanol–water partition coefficient (Wildman–Crippen LogP) is 4.99. The van der Waals surface area contributed by atoms with E-state index in [2.05, 4.69) is 5.32 Å². The van der Waals surface area contributed by atoms with Gasteiger partial charge >= 0.3 is 0 Å². The number of amides is 2. The van der Waals surface area contributed by atoms with Crippen LogP contribution in [-0.4, -0.2) is 55.6 Å². The van der Waals surface area contributed by atoms with Gasteiger partial charge in [0.05, 0.1) is 21.5 Å². The van der Waals surface area contributed by atoms with E-state index in [1.165, 1.54) is 36.2 Å². The molecule has 1 N–H and O–H groups in total. The first kappa shape index (κ1) is 29.4. The van der Waals surface area contributed by atoms with Crippen LogP contribution in [0, 0.1) is 0 Å². The smallest absolute Gasteiger partial charge is 0.243 e. The van der Waals surface area contributed by atoms with Crippen molar-refractivity contribution in [2.75, 3.05) is 20.1 Å². The van der Waals surface area contributed by atoms with Crippen molar-refractivity contribution >= 4 is 56.6 Å². The number of likely N-dealkylation sites (N-methyl/N-ethyl adjacent to an activating group) is 1. The Bertz CT molecular complexity index is 1130. The Balaban J connectivity index is 2.32. The molecular formula is C24H30Cl3N3O4S. The monoisotopic (exact) mass is 561 g/mol. The second-order valence-electron chi connectivity index (χ2n) is 8.05. The summed E-state index contributed by atoms with van der Waals surface area (Å²) in [6.07, 6.45) is 2.07. The third kappa shape index (κ3) is 8.08. The Hall–Kier alpha value is -1.84. The Morgan fingerprint density at radius 2 is 1.66 bits per heavy atom. The molecule has 2 amide bonds. The van der Waals surface area contributed by atoms with Crippen molar-refractivity contribution in [3.05, 3.63) is 63.1 Å². The summed E-state index contributed by atoms with van der Waals surface area (Å²) in [5.41, 5.74) is 0.663. The molecule has 0 spiro atoms. The fourth-order valence-corrected chi connectivity index (χ4v) is 4.98. The maximum absolute atomic E-state index is 13.4. The molecule has 0 aliphatic rings. The van der Waals surface area contributed by atoms with E-state index < -0.39 is 28.5 Å². The number of carbonyl (C=O) groups is 2. The third-order valence-corrected chi connectivity index (χ3v) is 8.24. The largest absolute Gasteiger partial charge is 0.354 e. The molecule has 0 heterocycles. The van der Waals surface area contributed by atoms with Gasteiger partial charge in [0.2, 0.25) is 21.8 Å². The zero-order chi connectivity index (χ0) is 26.2. The van der Waals surface area contributed by atoms with Crippen LogP contribution < -0.4 is 5.32 Å². The number of benzene rings is 2. The summed E-state index contributed by atoms with van der Waals surface area (Å²) in [6, 6.07) is 9.85. The number of nitrogens with one attached hydrogen (secondary N) is 1. The molecule has 35 heavy (non-hydrogen) atoms. The molecule has 1 atom stereocenters. The lowest BCUT2D eigenvalue weighted by Crippen LogP contribution is -2.51. The van der Waals surface area contributed by atoms with Gasteiger partial charge in [0.15, 0.2) is 0 Å². The highest BCUT2D eigenvalue weighted by molar-refractivity contribution is 7.89. The molecule has 2 rings (SSSR count). The van der Waals surface area contributed by atoms with E-state index in [0.29, 0.717) is 33.6 Å². The number of rotatable bonds is 12. The lowest BCUT2D eigenvalue weighted by molar-refractivity contribution is -0.141. The number of unbranched alkanes of at least 4 members (excludes halogenated alkanes) is 1. The van der Waals surface area contributed by atoms with Gasteiger partial charge in [0, 0.05) is 25.2 Å². The maximum Gasteiger partial charge on any atom is 0.243 e. The van der Waals surface area contributed by atoms with Crippen LogP contribution >= 0.6 is 34.8 Å². The topological polar surface area (TPSA) is 86.8 Å². The molecule has 2 aromatic carbocycles. The fourth-order valence-electron chi connectivity index (χ4n) is 3.41. The van der Waals surface area contributed by atoms with Gasteiger partial charge < -0.3 is 10.2 Å².